The second-order valence-corrected chi connectivity index (χ2v) is 7.93. The van der Waals surface area contributed by atoms with E-state index in [1.54, 1.807) is 13.0 Å². The van der Waals surface area contributed by atoms with Gasteiger partial charge in [0.25, 0.3) is 0 Å². The van der Waals surface area contributed by atoms with E-state index in [-0.39, 0.29) is 28.6 Å². The molecule has 2 aromatic rings. The van der Waals surface area contributed by atoms with Gasteiger partial charge in [0.05, 0.1) is 29.0 Å². The number of carboxylic acid groups (broad SMARTS) is 1. The van der Waals surface area contributed by atoms with Gasteiger partial charge in [0.2, 0.25) is 5.91 Å². The molecule has 2 N–H and O–H groups in total. The smallest absolute Gasteiger partial charge is 0.392 e. The number of halogens is 5. The molecule has 0 heterocycles. The molecule has 0 fully saturated rings. The molecule has 30 heavy (non-hydrogen) atoms. The summed E-state index contributed by atoms with van der Waals surface area (Å²) in [4.78, 5) is 23.8. The number of alkyl halides is 3. The van der Waals surface area contributed by atoms with Gasteiger partial charge >= 0.3 is 12.1 Å². The molecule has 0 aliphatic carbocycles. The Morgan fingerprint density at radius 1 is 1.03 bits per heavy atom. The molecule has 0 aromatic heterocycles. The SMILES string of the molecule is C[C@H](CC(=O)O)c1ccc(Cl)c(NC(=O)[C@H](c2ccc(Cl)cc2)[C@@H](C)C(F)(F)F)c1. The number of nitrogens with one attached hydrogen (secondary N) is 1. The zero-order valence-electron chi connectivity index (χ0n) is 16.1. The average molecular weight is 462 g/mol. The van der Waals surface area contributed by atoms with E-state index in [0.717, 1.165) is 6.92 Å². The quantitative estimate of drug-likeness (QED) is 0.494. The highest BCUT2D eigenvalue weighted by Gasteiger charge is 2.45. The number of carbonyl (C=O) groups excluding carboxylic acids is 1. The highest BCUT2D eigenvalue weighted by Crippen LogP contribution is 2.39. The monoisotopic (exact) mass is 461 g/mol. The highest BCUT2D eigenvalue weighted by molar-refractivity contribution is 6.33. The van der Waals surface area contributed by atoms with Crippen molar-refractivity contribution in [1.29, 1.82) is 0 Å². The van der Waals surface area contributed by atoms with E-state index in [0.29, 0.717) is 10.6 Å². The largest absolute Gasteiger partial charge is 0.481 e. The van der Waals surface area contributed by atoms with Crippen molar-refractivity contribution in [2.24, 2.45) is 5.92 Å². The number of carboxylic acids is 1. The van der Waals surface area contributed by atoms with Crippen LogP contribution in [0, 0.1) is 5.92 Å². The zero-order chi connectivity index (χ0) is 22.6. The Bertz CT molecular complexity index is 917. The lowest BCUT2D eigenvalue weighted by Crippen LogP contribution is -2.34. The van der Waals surface area contributed by atoms with Crippen molar-refractivity contribution >= 4 is 40.8 Å². The Labute approximate surface area is 182 Å². The van der Waals surface area contributed by atoms with Gasteiger partial charge in [-0.15, -0.1) is 0 Å². The Morgan fingerprint density at radius 2 is 1.60 bits per heavy atom. The number of amides is 1. The molecule has 0 radical (unpaired) electrons. The van der Waals surface area contributed by atoms with Crippen molar-refractivity contribution in [3.8, 4) is 0 Å². The van der Waals surface area contributed by atoms with Crippen molar-refractivity contribution in [2.75, 3.05) is 5.32 Å². The van der Waals surface area contributed by atoms with E-state index in [4.69, 9.17) is 28.3 Å². The van der Waals surface area contributed by atoms with Gasteiger partial charge in [-0.3, -0.25) is 9.59 Å². The first-order valence-electron chi connectivity index (χ1n) is 9.04. The Kier molecular flexibility index (Phi) is 7.77. The van der Waals surface area contributed by atoms with Gasteiger partial charge in [-0.05, 0) is 41.3 Å². The number of anilines is 1. The van der Waals surface area contributed by atoms with E-state index < -0.39 is 29.9 Å². The summed E-state index contributed by atoms with van der Waals surface area (Å²) in [5, 5.41) is 11.9. The van der Waals surface area contributed by atoms with Crippen LogP contribution in [0.25, 0.3) is 0 Å². The molecule has 0 aliphatic rings. The summed E-state index contributed by atoms with van der Waals surface area (Å²) in [5.74, 6) is -5.75. The molecule has 0 unspecified atom stereocenters. The fraction of sp³-hybridized carbons (Fsp3) is 0.333. The molecule has 0 spiro atoms. The standard InChI is InChI=1S/C21H20Cl2F3NO3/c1-11(9-18(28)29)14-5-8-16(23)17(10-14)27-20(30)19(12(2)21(24,25)26)13-3-6-15(22)7-4-13/h3-8,10-12,19H,9H2,1-2H3,(H,27,30)(H,28,29)/t11-,12-,19+/m1/s1. The van der Waals surface area contributed by atoms with Gasteiger partial charge in [-0.2, -0.15) is 13.2 Å². The summed E-state index contributed by atoms with van der Waals surface area (Å²) in [7, 11) is 0. The van der Waals surface area contributed by atoms with Crippen molar-refractivity contribution in [3.63, 3.8) is 0 Å². The molecule has 2 rings (SSSR count). The Morgan fingerprint density at radius 3 is 2.13 bits per heavy atom. The molecule has 4 nitrogen and oxygen atoms in total. The number of carbonyl (C=O) groups is 2. The lowest BCUT2D eigenvalue weighted by atomic mass is 9.85. The van der Waals surface area contributed by atoms with Crippen molar-refractivity contribution in [2.45, 2.75) is 38.3 Å². The van der Waals surface area contributed by atoms with Gasteiger partial charge in [0.1, 0.15) is 0 Å². The van der Waals surface area contributed by atoms with E-state index in [2.05, 4.69) is 5.32 Å². The molecule has 0 bridgehead atoms. The maximum atomic E-state index is 13.4. The van der Waals surface area contributed by atoms with Crippen LogP contribution in [0.2, 0.25) is 10.0 Å². The minimum atomic E-state index is -4.61. The predicted molar refractivity (Wildman–Crippen MR) is 110 cm³/mol. The molecule has 1 amide bonds. The van der Waals surface area contributed by atoms with Gasteiger partial charge < -0.3 is 10.4 Å². The number of hydrogen-bond donors (Lipinski definition) is 2. The maximum absolute atomic E-state index is 13.4. The second kappa shape index (κ2) is 9.71. The zero-order valence-corrected chi connectivity index (χ0v) is 17.6. The van der Waals surface area contributed by atoms with Crippen LogP contribution >= 0.6 is 23.2 Å². The van der Waals surface area contributed by atoms with E-state index in [1.807, 2.05) is 0 Å². The number of benzene rings is 2. The van der Waals surface area contributed by atoms with E-state index in [1.165, 1.54) is 36.4 Å². The van der Waals surface area contributed by atoms with Crippen molar-refractivity contribution in [1.82, 2.24) is 0 Å². The van der Waals surface area contributed by atoms with Crippen LogP contribution in [0.1, 0.15) is 43.2 Å². The number of hydrogen-bond acceptors (Lipinski definition) is 2. The average Bonchev–Trinajstić information content (AvgIpc) is 2.63. The molecular weight excluding hydrogens is 442 g/mol. The van der Waals surface area contributed by atoms with E-state index in [9.17, 15) is 22.8 Å². The third kappa shape index (κ3) is 6.12. The minimum absolute atomic E-state index is 0.116. The lowest BCUT2D eigenvalue weighted by Gasteiger charge is -2.26. The van der Waals surface area contributed by atoms with Crippen LogP contribution in [0.4, 0.5) is 18.9 Å². The molecule has 162 valence electrons. The molecule has 0 saturated heterocycles. The van der Waals surface area contributed by atoms with Gasteiger partial charge in [0.15, 0.2) is 0 Å². The molecular formula is C21H20Cl2F3NO3. The summed E-state index contributed by atoms with van der Waals surface area (Å²) >= 11 is 11.9. The lowest BCUT2D eigenvalue weighted by molar-refractivity contribution is -0.178. The first-order chi connectivity index (χ1) is 13.9. The van der Waals surface area contributed by atoms with Crippen LogP contribution < -0.4 is 5.32 Å². The Hall–Kier alpha value is -2.25. The third-order valence-corrected chi connectivity index (χ3v) is 5.41. The number of rotatable bonds is 7. The van der Waals surface area contributed by atoms with Crippen LogP contribution in [0.3, 0.4) is 0 Å². The highest BCUT2D eigenvalue weighted by atomic mass is 35.5. The minimum Gasteiger partial charge on any atom is -0.481 e. The normalized spacial score (nSPS) is 14.6. The van der Waals surface area contributed by atoms with E-state index >= 15 is 0 Å². The van der Waals surface area contributed by atoms with Gasteiger partial charge in [-0.1, -0.05) is 55.2 Å². The fourth-order valence-electron chi connectivity index (χ4n) is 3.06. The predicted octanol–water partition coefficient (Wildman–Crippen LogP) is 6.49. The summed E-state index contributed by atoms with van der Waals surface area (Å²) < 4.78 is 40.3. The third-order valence-electron chi connectivity index (χ3n) is 4.83. The maximum Gasteiger partial charge on any atom is 0.392 e. The molecule has 3 atom stereocenters. The molecule has 0 aliphatic heterocycles. The first-order valence-corrected chi connectivity index (χ1v) is 9.80. The first kappa shape index (κ1) is 24.0. The summed E-state index contributed by atoms with van der Waals surface area (Å²) in [6.07, 6.45) is -4.75. The summed E-state index contributed by atoms with van der Waals surface area (Å²) in [6.45, 7) is 2.62. The molecule has 2 aromatic carbocycles. The van der Waals surface area contributed by atoms with Gasteiger partial charge in [-0.25, -0.2) is 0 Å². The van der Waals surface area contributed by atoms with Crippen LogP contribution in [0.5, 0.6) is 0 Å². The van der Waals surface area contributed by atoms with Crippen molar-refractivity contribution < 1.29 is 27.9 Å². The summed E-state index contributed by atoms with van der Waals surface area (Å²) in [5.41, 5.74) is 0.863. The van der Waals surface area contributed by atoms with Crippen molar-refractivity contribution in [3.05, 3.63) is 63.6 Å². The second-order valence-electron chi connectivity index (χ2n) is 7.09. The van der Waals surface area contributed by atoms with Crippen LogP contribution in [-0.2, 0) is 9.59 Å². The number of aliphatic carboxylic acids is 1. The fourth-order valence-corrected chi connectivity index (χ4v) is 3.35. The van der Waals surface area contributed by atoms with Crippen LogP contribution in [0.15, 0.2) is 42.5 Å². The topological polar surface area (TPSA) is 66.4 Å². The van der Waals surface area contributed by atoms with Gasteiger partial charge in [0, 0.05) is 5.02 Å². The molecule has 0 saturated carbocycles. The Balaban J connectivity index is 2.37. The summed E-state index contributed by atoms with van der Waals surface area (Å²) in [6, 6.07) is 10.1. The van der Waals surface area contributed by atoms with Crippen LogP contribution in [-0.4, -0.2) is 23.2 Å². The molecule has 9 heteroatoms.